The molecule has 3 heterocycles. The second-order valence-corrected chi connectivity index (χ2v) is 15.1. The van der Waals surface area contributed by atoms with Gasteiger partial charge in [0.25, 0.3) is 5.91 Å². The number of aromatic amines is 1. The molecular formula is C37H33N3O8S2. The van der Waals surface area contributed by atoms with E-state index in [0.717, 1.165) is 21.9 Å². The van der Waals surface area contributed by atoms with Crippen LogP contribution in [0.1, 0.15) is 40.1 Å². The van der Waals surface area contributed by atoms with E-state index in [1.807, 2.05) is 24.3 Å². The largest absolute Gasteiger partial charge is 0.497 e. The molecule has 0 radical (unpaired) electrons. The van der Waals surface area contributed by atoms with Crippen molar-refractivity contribution < 1.29 is 33.4 Å². The number of carbonyl (C=O) groups is 4. The minimum atomic E-state index is -0.426. The normalized spacial score (nSPS) is 25.9. The lowest BCUT2D eigenvalue weighted by Gasteiger charge is -2.43. The number of rotatable bonds is 9. The first-order valence-electron chi connectivity index (χ1n) is 16.5. The van der Waals surface area contributed by atoms with Crippen LogP contribution < -0.4 is 24.6 Å². The fraction of sp³-hybridized carbons (Fsp3) is 0.324. The summed E-state index contributed by atoms with van der Waals surface area (Å²) >= 11 is 2.85. The Kier molecular flexibility index (Phi) is 8.26. The average molecular weight is 712 g/mol. The first kappa shape index (κ1) is 32.3. The Balaban J connectivity index is 0.994. The third-order valence-corrected chi connectivity index (χ3v) is 12.9. The monoisotopic (exact) mass is 711 g/mol. The minimum Gasteiger partial charge on any atom is -0.497 e. The zero-order valence-corrected chi connectivity index (χ0v) is 28.8. The lowest BCUT2D eigenvalue weighted by molar-refractivity contribution is -0.123. The van der Waals surface area contributed by atoms with Crippen molar-refractivity contribution in [1.82, 2.24) is 4.98 Å². The smallest absolute Gasteiger partial charge is 0.338 e. The van der Waals surface area contributed by atoms with Gasteiger partial charge in [-0.25, -0.2) is 4.79 Å². The predicted molar refractivity (Wildman–Crippen MR) is 187 cm³/mol. The van der Waals surface area contributed by atoms with Gasteiger partial charge in [-0.2, -0.15) is 0 Å². The van der Waals surface area contributed by atoms with Crippen molar-refractivity contribution in [2.45, 2.75) is 29.5 Å². The number of thiazole rings is 1. The molecule has 13 heteroatoms. The molecule has 3 fully saturated rings. The summed E-state index contributed by atoms with van der Waals surface area (Å²) in [5.41, 5.74) is 2.47. The third-order valence-electron chi connectivity index (χ3n) is 10.3. The maximum atomic E-state index is 14.0. The molecule has 2 aliphatic heterocycles. The van der Waals surface area contributed by atoms with Gasteiger partial charge in [0, 0.05) is 21.7 Å². The number of aromatic nitrogens is 1. The molecule has 0 spiro atoms. The maximum Gasteiger partial charge on any atom is 0.338 e. The van der Waals surface area contributed by atoms with Gasteiger partial charge >= 0.3 is 10.8 Å². The molecule has 1 saturated heterocycles. The number of imide groups is 1. The average Bonchev–Trinajstić information content (AvgIpc) is 3.87. The van der Waals surface area contributed by atoms with Crippen molar-refractivity contribution in [3.05, 3.63) is 98.5 Å². The summed E-state index contributed by atoms with van der Waals surface area (Å²) in [7, 11) is 1.57. The molecule has 2 aliphatic carbocycles. The van der Waals surface area contributed by atoms with Crippen molar-refractivity contribution in [1.29, 1.82) is 0 Å². The number of ether oxygens (including phenoxy) is 3. The van der Waals surface area contributed by atoms with Crippen LogP contribution in [0.5, 0.6) is 11.5 Å². The predicted octanol–water partition coefficient (Wildman–Crippen LogP) is 5.32. The lowest BCUT2D eigenvalue weighted by atomic mass is 9.68. The first-order chi connectivity index (χ1) is 24.2. The number of benzene rings is 3. The lowest BCUT2D eigenvalue weighted by Crippen LogP contribution is -2.42. The van der Waals surface area contributed by atoms with Crippen molar-refractivity contribution in [3.63, 3.8) is 0 Å². The summed E-state index contributed by atoms with van der Waals surface area (Å²) in [4.78, 5) is 70.2. The Bertz CT molecular complexity index is 2040. The SMILES string of the molecule is CCOC(=O)c1ccc(NC(=O)COc2ccc([C@@H]3c4sc(=O)[nH]c4S[C@@H]4[C@@H]5C[C@@H]([C@@H]6C(=O)N(c7ccc(OC)cc7)C(=O)[C@@H]56)[C@H]34)cc2)cc1. The zero-order valence-electron chi connectivity index (χ0n) is 27.1. The summed E-state index contributed by atoms with van der Waals surface area (Å²) in [5, 5.41) is 3.67. The molecular weight excluding hydrogens is 679 g/mol. The standard InChI is InChI=1S/C37H33N3O8S2/c1-3-47-36(44)19-4-8-20(9-5-19)38-26(41)17-48-23-12-6-18(7-13-23)27-28-24-16-25(31(28)49-33-32(27)50-37(45)39-33)30-29(24)34(42)40(35(30)43)21-10-14-22(46-2)15-11-21/h4-15,24-25,27-31H,3,16-17H2,1-2H3,(H,38,41)(H,39,45)/t24-,25-,27+,28-,29+,30+,31-/m1/s1. The molecule has 2 N–H and O–H groups in total. The van der Waals surface area contributed by atoms with Gasteiger partial charge in [0.05, 0.1) is 41.8 Å². The van der Waals surface area contributed by atoms with Gasteiger partial charge in [0.2, 0.25) is 11.8 Å². The minimum absolute atomic E-state index is 0.0106. The number of hydrogen-bond acceptors (Lipinski definition) is 10. The maximum absolute atomic E-state index is 14.0. The highest BCUT2D eigenvalue weighted by atomic mass is 32.2. The number of esters is 1. The third kappa shape index (κ3) is 5.39. The Morgan fingerprint density at radius 1 is 0.900 bits per heavy atom. The van der Waals surface area contributed by atoms with Gasteiger partial charge in [0.1, 0.15) is 11.5 Å². The summed E-state index contributed by atoms with van der Waals surface area (Å²) < 4.78 is 16.1. The molecule has 3 amide bonds. The van der Waals surface area contributed by atoms with E-state index in [4.69, 9.17) is 14.2 Å². The number of H-pyrrole nitrogens is 1. The van der Waals surface area contributed by atoms with E-state index in [1.54, 1.807) is 74.3 Å². The first-order valence-corrected chi connectivity index (χ1v) is 18.2. The van der Waals surface area contributed by atoms with Crippen LogP contribution in [-0.2, 0) is 19.1 Å². The molecule has 3 aromatic carbocycles. The molecule has 4 aromatic rings. The Labute approximate surface area is 295 Å². The van der Waals surface area contributed by atoms with Gasteiger partial charge in [-0.05, 0) is 97.3 Å². The number of nitrogens with one attached hydrogen (secondary N) is 2. The van der Waals surface area contributed by atoms with Gasteiger partial charge in [-0.15, -0.1) is 11.8 Å². The summed E-state index contributed by atoms with van der Waals surface area (Å²) in [6.45, 7) is 1.79. The van der Waals surface area contributed by atoms with Crippen LogP contribution in [-0.4, -0.2) is 54.2 Å². The topological polar surface area (TPSA) is 144 Å². The van der Waals surface area contributed by atoms with Crippen molar-refractivity contribution in [2.75, 3.05) is 30.5 Å². The van der Waals surface area contributed by atoms with E-state index in [9.17, 15) is 24.0 Å². The van der Waals surface area contributed by atoms with Crippen LogP contribution in [0.4, 0.5) is 11.4 Å². The Morgan fingerprint density at radius 2 is 1.58 bits per heavy atom. The number of fused-ring (bicyclic) bond motifs is 9. The summed E-state index contributed by atoms with van der Waals surface area (Å²) in [6, 6.07) is 21.0. The van der Waals surface area contributed by atoms with Gasteiger partial charge in [-0.3, -0.25) is 24.1 Å². The van der Waals surface area contributed by atoms with Gasteiger partial charge in [-0.1, -0.05) is 23.5 Å². The zero-order chi connectivity index (χ0) is 34.7. The molecule has 11 nitrogen and oxygen atoms in total. The van der Waals surface area contributed by atoms with Crippen molar-refractivity contribution in [2.24, 2.45) is 29.6 Å². The molecule has 50 heavy (non-hydrogen) atoms. The van der Waals surface area contributed by atoms with Crippen LogP contribution in [0.3, 0.4) is 0 Å². The van der Waals surface area contributed by atoms with Crippen LogP contribution in [0.25, 0.3) is 0 Å². The van der Waals surface area contributed by atoms with Crippen molar-refractivity contribution in [3.8, 4) is 11.5 Å². The van der Waals surface area contributed by atoms with Crippen molar-refractivity contribution >= 4 is 58.2 Å². The molecule has 2 saturated carbocycles. The number of hydrogen-bond donors (Lipinski definition) is 2. The molecule has 256 valence electrons. The van der Waals surface area contributed by atoms with Crippen LogP contribution in [0.15, 0.2) is 82.6 Å². The van der Waals surface area contributed by atoms with Gasteiger partial charge < -0.3 is 24.5 Å². The number of carbonyl (C=O) groups excluding carboxylic acids is 4. The number of nitrogens with zero attached hydrogens (tertiary/aromatic N) is 1. The van der Waals surface area contributed by atoms with Crippen LogP contribution in [0.2, 0.25) is 0 Å². The fourth-order valence-electron chi connectivity index (χ4n) is 8.40. The highest BCUT2D eigenvalue weighted by Crippen LogP contribution is 2.68. The van der Waals surface area contributed by atoms with E-state index in [0.29, 0.717) is 28.4 Å². The molecule has 7 atom stereocenters. The second-order valence-electron chi connectivity index (χ2n) is 12.9. The number of anilines is 2. The molecule has 2 bridgehead atoms. The highest BCUT2D eigenvalue weighted by molar-refractivity contribution is 8.00. The fourth-order valence-corrected chi connectivity index (χ4v) is 11.3. The number of amides is 3. The quantitative estimate of drug-likeness (QED) is 0.174. The molecule has 0 unspecified atom stereocenters. The number of thioether (sulfide) groups is 1. The Hall–Kier alpha value is -4.88. The summed E-state index contributed by atoms with van der Waals surface area (Å²) in [6.07, 6.45) is 0.795. The van der Waals surface area contributed by atoms with Gasteiger partial charge in [0.15, 0.2) is 6.61 Å². The molecule has 4 aliphatic rings. The number of methoxy groups -OCH3 is 1. The molecule has 8 rings (SSSR count). The van der Waals surface area contributed by atoms with E-state index >= 15 is 0 Å². The second kappa shape index (κ2) is 12.8. The Morgan fingerprint density at radius 3 is 2.26 bits per heavy atom. The van der Waals surface area contributed by atoms with E-state index in [-0.39, 0.29) is 70.6 Å². The summed E-state index contributed by atoms with van der Waals surface area (Å²) in [5.74, 6) is -0.774. The van der Waals surface area contributed by atoms with E-state index in [1.165, 1.54) is 16.2 Å². The highest BCUT2D eigenvalue weighted by Gasteiger charge is 2.69. The van der Waals surface area contributed by atoms with E-state index < -0.39 is 11.9 Å². The van der Waals surface area contributed by atoms with Crippen LogP contribution >= 0.6 is 23.1 Å². The van der Waals surface area contributed by atoms with E-state index in [2.05, 4.69) is 10.3 Å². The molecule has 1 aromatic heterocycles. The van der Waals surface area contributed by atoms with Crippen LogP contribution in [0, 0.1) is 29.6 Å².